The zero-order chi connectivity index (χ0) is 24.5. The lowest BCUT2D eigenvalue weighted by atomic mass is 9.76. The van der Waals surface area contributed by atoms with Crippen molar-refractivity contribution in [2.45, 2.75) is 77.7 Å². The Morgan fingerprint density at radius 1 is 1.09 bits per heavy atom. The van der Waals surface area contributed by atoms with Crippen LogP contribution < -0.4 is 4.74 Å². The van der Waals surface area contributed by atoms with Crippen LogP contribution in [-0.2, 0) is 4.79 Å². The van der Waals surface area contributed by atoms with E-state index in [2.05, 4.69) is 0 Å². The molecule has 2 aromatic carbocycles. The van der Waals surface area contributed by atoms with Gasteiger partial charge in [0.25, 0.3) is 0 Å². The maximum Gasteiger partial charge on any atom is 0.315 e. The summed E-state index contributed by atoms with van der Waals surface area (Å²) in [5.74, 6) is -0.313. The molecule has 0 heterocycles. The molecule has 0 radical (unpaired) electrons. The SMILES string of the molecule is C/C=C(\C(=N)C(C)(C)C(=O)O)c1ccc(OC2CCCC2)c(-c2cccc(F)c2C2CCC2)c1. The fourth-order valence-corrected chi connectivity index (χ4v) is 4.98. The van der Waals surface area contributed by atoms with Crippen molar-refractivity contribution in [3.8, 4) is 16.9 Å². The van der Waals surface area contributed by atoms with Crippen molar-refractivity contribution in [2.75, 3.05) is 0 Å². The second-order valence-electron chi connectivity index (χ2n) is 10.1. The molecule has 2 saturated carbocycles. The Bertz CT molecular complexity index is 1120. The third-order valence-corrected chi connectivity index (χ3v) is 7.46. The number of rotatable bonds is 8. The van der Waals surface area contributed by atoms with Crippen molar-refractivity contribution in [3.63, 3.8) is 0 Å². The molecule has 0 aliphatic heterocycles. The Balaban J connectivity index is 1.84. The van der Waals surface area contributed by atoms with E-state index in [9.17, 15) is 9.90 Å². The lowest BCUT2D eigenvalue weighted by Gasteiger charge is -2.29. The van der Waals surface area contributed by atoms with Gasteiger partial charge in [-0.1, -0.05) is 30.7 Å². The monoisotopic (exact) mass is 463 g/mol. The van der Waals surface area contributed by atoms with Crippen molar-refractivity contribution < 1.29 is 19.0 Å². The summed E-state index contributed by atoms with van der Waals surface area (Å²) in [6, 6.07) is 11.0. The molecule has 34 heavy (non-hydrogen) atoms. The lowest BCUT2D eigenvalue weighted by Crippen LogP contribution is -2.33. The minimum atomic E-state index is -1.34. The Labute approximate surface area is 201 Å². The number of nitrogens with one attached hydrogen (secondary N) is 1. The summed E-state index contributed by atoms with van der Waals surface area (Å²) in [5.41, 5.74) is 2.38. The third kappa shape index (κ3) is 4.53. The molecule has 2 aromatic rings. The highest BCUT2D eigenvalue weighted by atomic mass is 19.1. The molecular weight excluding hydrogens is 429 g/mol. The fraction of sp³-hybridized carbons (Fsp3) is 0.448. The minimum Gasteiger partial charge on any atom is -0.490 e. The molecule has 0 bridgehead atoms. The molecule has 4 nitrogen and oxygen atoms in total. The number of carboxylic acids is 1. The Hall–Kier alpha value is -2.95. The Morgan fingerprint density at radius 3 is 2.38 bits per heavy atom. The summed E-state index contributed by atoms with van der Waals surface area (Å²) in [6.07, 6.45) is 9.31. The van der Waals surface area contributed by atoms with Gasteiger partial charge in [-0.2, -0.15) is 0 Å². The van der Waals surface area contributed by atoms with Crippen LogP contribution in [0.4, 0.5) is 4.39 Å². The van der Waals surface area contributed by atoms with E-state index in [4.69, 9.17) is 10.1 Å². The van der Waals surface area contributed by atoms with E-state index in [1.807, 2.05) is 31.2 Å². The van der Waals surface area contributed by atoms with Gasteiger partial charge in [-0.15, -0.1) is 0 Å². The fourth-order valence-electron chi connectivity index (χ4n) is 4.98. The summed E-state index contributed by atoms with van der Waals surface area (Å²) >= 11 is 0. The standard InChI is InChI=1S/C29H34FNO3/c1-4-21(27(31)29(2,3)28(32)33)19-15-16-25(34-20-11-5-6-12-20)23(17-19)22-13-8-14-24(30)26(22)18-9-7-10-18/h4,8,13-18,20,31H,5-7,9-12H2,1-3H3,(H,32,33)/b21-4-,31-27?. The quantitative estimate of drug-likeness (QED) is 0.396. The number of carboxylic acid groups (broad SMARTS) is 1. The zero-order valence-electron chi connectivity index (χ0n) is 20.3. The van der Waals surface area contributed by atoms with Crippen molar-refractivity contribution in [1.82, 2.24) is 0 Å². The van der Waals surface area contributed by atoms with E-state index in [0.717, 1.165) is 72.9 Å². The van der Waals surface area contributed by atoms with Gasteiger partial charge in [0.2, 0.25) is 0 Å². The number of allylic oxidation sites excluding steroid dienone is 2. The highest BCUT2D eigenvalue weighted by Crippen LogP contribution is 2.45. The van der Waals surface area contributed by atoms with Gasteiger partial charge in [0.15, 0.2) is 0 Å². The van der Waals surface area contributed by atoms with E-state index >= 15 is 4.39 Å². The first-order valence-electron chi connectivity index (χ1n) is 12.3. The smallest absolute Gasteiger partial charge is 0.315 e. The van der Waals surface area contributed by atoms with Crippen LogP contribution in [0, 0.1) is 16.6 Å². The molecule has 0 spiro atoms. The van der Waals surface area contributed by atoms with Crippen LogP contribution in [0.5, 0.6) is 5.75 Å². The third-order valence-electron chi connectivity index (χ3n) is 7.46. The van der Waals surface area contributed by atoms with Crippen LogP contribution in [-0.4, -0.2) is 22.9 Å². The van der Waals surface area contributed by atoms with Gasteiger partial charge < -0.3 is 15.3 Å². The summed E-state index contributed by atoms with van der Waals surface area (Å²) in [6.45, 7) is 4.90. The van der Waals surface area contributed by atoms with Crippen molar-refractivity contribution in [3.05, 3.63) is 59.4 Å². The number of carbonyl (C=O) groups is 1. The predicted octanol–water partition coefficient (Wildman–Crippen LogP) is 7.62. The van der Waals surface area contributed by atoms with Crippen molar-refractivity contribution in [1.29, 1.82) is 5.41 Å². The average molecular weight is 464 g/mol. The van der Waals surface area contributed by atoms with Gasteiger partial charge in [0, 0.05) is 5.56 Å². The van der Waals surface area contributed by atoms with Crippen LogP contribution in [0.15, 0.2) is 42.5 Å². The number of aliphatic carboxylic acids is 1. The maximum absolute atomic E-state index is 15.1. The first-order chi connectivity index (χ1) is 16.2. The van der Waals surface area contributed by atoms with Crippen LogP contribution in [0.1, 0.15) is 82.8 Å². The second-order valence-corrected chi connectivity index (χ2v) is 10.1. The molecule has 5 heteroatoms. The van der Waals surface area contributed by atoms with Gasteiger partial charge in [0.05, 0.1) is 11.8 Å². The molecule has 0 amide bonds. The average Bonchev–Trinajstić information content (AvgIpc) is 3.28. The van der Waals surface area contributed by atoms with E-state index in [0.29, 0.717) is 5.57 Å². The topological polar surface area (TPSA) is 70.4 Å². The molecule has 4 rings (SSSR count). The molecule has 180 valence electrons. The maximum atomic E-state index is 15.1. The summed E-state index contributed by atoms with van der Waals surface area (Å²) in [7, 11) is 0. The van der Waals surface area contributed by atoms with Crippen LogP contribution in [0.2, 0.25) is 0 Å². The van der Waals surface area contributed by atoms with Crippen molar-refractivity contribution >= 4 is 17.3 Å². The van der Waals surface area contributed by atoms with Gasteiger partial charge >= 0.3 is 5.97 Å². The van der Waals surface area contributed by atoms with Gasteiger partial charge in [-0.05, 0) is 106 Å². The lowest BCUT2D eigenvalue weighted by molar-refractivity contribution is -0.143. The van der Waals surface area contributed by atoms with Crippen molar-refractivity contribution in [2.24, 2.45) is 5.41 Å². The minimum absolute atomic E-state index is 0.0383. The number of halogens is 1. The Morgan fingerprint density at radius 2 is 1.79 bits per heavy atom. The molecule has 2 aliphatic rings. The molecule has 0 unspecified atom stereocenters. The number of hydrogen-bond acceptors (Lipinski definition) is 3. The molecular formula is C29H34FNO3. The van der Waals surface area contributed by atoms with Gasteiger partial charge in [-0.3, -0.25) is 4.79 Å². The molecule has 0 saturated heterocycles. The predicted molar refractivity (Wildman–Crippen MR) is 134 cm³/mol. The van der Waals surface area contributed by atoms with E-state index in [1.54, 1.807) is 26.0 Å². The molecule has 2 N–H and O–H groups in total. The van der Waals surface area contributed by atoms with Gasteiger partial charge in [-0.25, -0.2) is 4.39 Å². The molecule has 2 aliphatic carbocycles. The first-order valence-corrected chi connectivity index (χ1v) is 12.3. The zero-order valence-corrected chi connectivity index (χ0v) is 20.3. The normalized spacial score (nSPS) is 17.5. The first kappa shape index (κ1) is 24.2. The van der Waals surface area contributed by atoms with Crippen LogP contribution in [0.25, 0.3) is 16.7 Å². The summed E-state index contributed by atoms with van der Waals surface area (Å²) < 4.78 is 21.5. The van der Waals surface area contributed by atoms with E-state index < -0.39 is 11.4 Å². The number of ether oxygens (including phenoxy) is 1. The molecule has 0 aromatic heterocycles. The highest BCUT2D eigenvalue weighted by Gasteiger charge is 2.35. The van der Waals surface area contributed by atoms with Crippen LogP contribution in [0.3, 0.4) is 0 Å². The van der Waals surface area contributed by atoms with Crippen LogP contribution >= 0.6 is 0 Å². The molecule has 2 fully saturated rings. The summed E-state index contributed by atoms with van der Waals surface area (Å²) in [4.78, 5) is 11.8. The summed E-state index contributed by atoms with van der Waals surface area (Å²) in [5, 5.41) is 18.3. The number of benzene rings is 2. The van der Waals surface area contributed by atoms with E-state index in [1.165, 1.54) is 6.07 Å². The molecule has 0 atom stereocenters. The highest BCUT2D eigenvalue weighted by molar-refractivity contribution is 6.29. The largest absolute Gasteiger partial charge is 0.490 e. The second kappa shape index (κ2) is 9.73. The number of hydrogen-bond donors (Lipinski definition) is 2. The van der Waals surface area contributed by atoms with Gasteiger partial charge in [0.1, 0.15) is 17.0 Å². The Kier molecular flexibility index (Phi) is 6.92. The van der Waals surface area contributed by atoms with E-state index in [-0.39, 0.29) is 23.6 Å².